The lowest BCUT2D eigenvalue weighted by Crippen LogP contribution is -2.12. The van der Waals surface area contributed by atoms with E-state index >= 15 is 0 Å². The molecule has 2 rings (SSSR count). The van der Waals surface area contributed by atoms with Gasteiger partial charge in [-0.25, -0.2) is 4.98 Å². The predicted molar refractivity (Wildman–Crippen MR) is 80.0 cm³/mol. The highest BCUT2D eigenvalue weighted by Crippen LogP contribution is 2.33. The molecule has 2 nitrogen and oxygen atoms in total. The predicted octanol–water partition coefficient (Wildman–Crippen LogP) is 4.28. The van der Waals surface area contributed by atoms with Gasteiger partial charge in [0.05, 0.1) is 0 Å². The lowest BCUT2D eigenvalue weighted by atomic mass is 10.1. The van der Waals surface area contributed by atoms with E-state index in [1.807, 2.05) is 31.4 Å². The Balaban J connectivity index is 2.20. The van der Waals surface area contributed by atoms with Gasteiger partial charge in [-0.1, -0.05) is 23.9 Å². The van der Waals surface area contributed by atoms with Crippen molar-refractivity contribution in [2.24, 2.45) is 0 Å². The maximum absolute atomic E-state index is 4.32. The van der Waals surface area contributed by atoms with Crippen LogP contribution in [0.15, 0.2) is 57.0 Å². The molecule has 0 aliphatic carbocycles. The van der Waals surface area contributed by atoms with Gasteiger partial charge in [0, 0.05) is 21.6 Å². The van der Waals surface area contributed by atoms with E-state index in [1.54, 1.807) is 11.8 Å². The van der Waals surface area contributed by atoms with Crippen molar-refractivity contribution in [1.82, 2.24) is 10.3 Å². The number of nitrogens with one attached hydrogen (secondary N) is 1. The van der Waals surface area contributed by atoms with Crippen molar-refractivity contribution in [3.63, 3.8) is 0 Å². The van der Waals surface area contributed by atoms with Crippen LogP contribution in [0.3, 0.4) is 0 Å². The third-order valence-corrected chi connectivity index (χ3v) is 4.69. The minimum absolute atomic E-state index is 0.357. The zero-order chi connectivity index (χ0) is 13.0. The molecule has 1 heterocycles. The molecule has 0 spiro atoms. The second kappa shape index (κ2) is 6.36. The monoisotopic (exact) mass is 322 g/mol. The Kier molecular flexibility index (Phi) is 4.80. The van der Waals surface area contributed by atoms with Crippen LogP contribution >= 0.6 is 27.7 Å². The van der Waals surface area contributed by atoms with E-state index in [0.29, 0.717) is 6.04 Å². The van der Waals surface area contributed by atoms with E-state index in [4.69, 9.17) is 0 Å². The standard InChI is InChI=1S/C14H15BrN2S/c1-10(16-2)11-6-7-13(12(15)9-11)18-14-5-3-4-8-17-14/h3-10,16H,1-2H3. The molecule has 94 valence electrons. The van der Waals surface area contributed by atoms with Crippen molar-refractivity contribution in [3.8, 4) is 0 Å². The Morgan fingerprint density at radius 2 is 2.11 bits per heavy atom. The summed E-state index contributed by atoms with van der Waals surface area (Å²) in [6.07, 6.45) is 1.81. The van der Waals surface area contributed by atoms with Gasteiger partial charge in [-0.15, -0.1) is 0 Å². The Morgan fingerprint density at radius 1 is 1.28 bits per heavy atom. The molecule has 0 amide bonds. The molecule has 0 aliphatic rings. The Labute approximate surface area is 120 Å². The first-order valence-electron chi connectivity index (χ1n) is 5.76. The van der Waals surface area contributed by atoms with Crippen LogP contribution in [0.5, 0.6) is 0 Å². The fraction of sp³-hybridized carbons (Fsp3) is 0.214. The Bertz CT molecular complexity index is 516. The minimum atomic E-state index is 0.357. The van der Waals surface area contributed by atoms with Gasteiger partial charge in [-0.05, 0) is 59.7 Å². The molecule has 0 bridgehead atoms. The maximum Gasteiger partial charge on any atom is 0.101 e. The lowest BCUT2D eigenvalue weighted by Gasteiger charge is -2.12. The number of nitrogens with zero attached hydrogens (tertiary/aromatic N) is 1. The molecule has 1 aromatic heterocycles. The van der Waals surface area contributed by atoms with Crippen molar-refractivity contribution in [2.75, 3.05) is 7.05 Å². The second-order valence-electron chi connectivity index (χ2n) is 3.97. The number of rotatable bonds is 4. The molecule has 0 saturated heterocycles. The van der Waals surface area contributed by atoms with E-state index in [1.165, 1.54) is 10.5 Å². The van der Waals surface area contributed by atoms with Crippen molar-refractivity contribution in [2.45, 2.75) is 22.9 Å². The number of hydrogen-bond donors (Lipinski definition) is 1. The van der Waals surface area contributed by atoms with Crippen LogP contribution in [0.4, 0.5) is 0 Å². The summed E-state index contributed by atoms with van der Waals surface area (Å²) in [5, 5.41) is 4.24. The largest absolute Gasteiger partial charge is 0.313 e. The van der Waals surface area contributed by atoms with Crippen molar-refractivity contribution < 1.29 is 0 Å². The van der Waals surface area contributed by atoms with Crippen molar-refractivity contribution >= 4 is 27.7 Å². The quantitative estimate of drug-likeness (QED) is 0.909. The molecule has 2 aromatic rings. The number of benzene rings is 1. The Hall–Kier alpha value is -0.840. The minimum Gasteiger partial charge on any atom is -0.313 e. The van der Waals surface area contributed by atoms with Gasteiger partial charge in [0.1, 0.15) is 5.03 Å². The Morgan fingerprint density at radius 3 is 2.72 bits per heavy atom. The van der Waals surface area contributed by atoms with E-state index < -0.39 is 0 Å². The molecule has 0 aliphatic heterocycles. The summed E-state index contributed by atoms with van der Waals surface area (Å²) in [4.78, 5) is 5.50. The topological polar surface area (TPSA) is 24.9 Å². The molecule has 0 radical (unpaired) electrons. The highest BCUT2D eigenvalue weighted by molar-refractivity contribution is 9.10. The van der Waals surface area contributed by atoms with Gasteiger partial charge < -0.3 is 5.32 Å². The van der Waals surface area contributed by atoms with Crippen molar-refractivity contribution in [3.05, 3.63) is 52.6 Å². The molecule has 0 fully saturated rings. The first-order valence-corrected chi connectivity index (χ1v) is 7.37. The normalized spacial score (nSPS) is 12.4. The molecule has 1 N–H and O–H groups in total. The number of hydrogen-bond acceptors (Lipinski definition) is 3. The van der Waals surface area contributed by atoms with Crippen LogP contribution in [0.25, 0.3) is 0 Å². The van der Waals surface area contributed by atoms with Crippen LogP contribution < -0.4 is 5.32 Å². The average molecular weight is 323 g/mol. The zero-order valence-electron chi connectivity index (χ0n) is 10.4. The first kappa shape index (κ1) is 13.6. The summed E-state index contributed by atoms with van der Waals surface area (Å²) in [6, 6.07) is 12.7. The summed E-state index contributed by atoms with van der Waals surface area (Å²) >= 11 is 5.29. The summed E-state index contributed by atoms with van der Waals surface area (Å²) in [6.45, 7) is 2.15. The smallest absolute Gasteiger partial charge is 0.101 e. The SMILES string of the molecule is CNC(C)c1ccc(Sc2ccccn2)c(Br)c1. The van der Waals surface area contributed by atoms with E-state index in [2.05, 4.69) is 51.4 Å². The fourth-order valence-electron chi connectivity index (χ4n) is 1.56. The molecule has 1 aromatic carbocycles. The van der Waals surface area contributed by atoms with Crippen LogP contribution in [-0.4, -0.2) is 12.0 Å². The van der Waals surface area contributed by atoms with Gasteiger partial charge in [0.25, 0.3) is 0 Å². The van der Waals surface area contributed by atoms with Gasteiger partial charge >= 0.3 is 0 Å². The highest BCUT2D eigenvalue weighted by Gasteiger charge is 2.07. The van der Waals surface area contributed by atoms with Crippen molar-refractivity contribution in [1.29, 1.82) is 0 Å². The summed E-state index contributed by atoms with van der Waals surface area (Å²) in [5.41, 5.74) is 1.27. The third-order valence-electron chi connectivity index (χ3n) is 2.74. The highest BCUT2D eigenvalue weighted by atomic mass is 79.9. The van der Waals surface area contributed by atoms with Gasteiger partial charge in [-0.3, -0.25) is 0 Å². The van der Waals surface area contributed by atoms with Gasteiger partial charge in [0.2, 0.25) is 0 Å². The van der Waals surface area contributed by atoms with Gasteiger partial charge in [-0.2, -0.15) is 0 Å². The number of pyridine rings is 1. The maximum atomic E-state index is 4.32. The molecule has 0 saturated carbocycles. The molecule has 1 unspecified atom stereocenters. The van der Waals surface area contributed by atoms with Gasteiger partial charge in [0.15, 0.2) is 0 Å². The molecule has 4 heteroatoms. The van der Waals surface area contributed by atoms with E-state index in [-0.39, 0.29) is 0 Å². The van der Waals surface area contributed by atoms with Crippen LogP contribution in [0.2, 0.25) is 0 Å². The van der Waals surface area contributed by atoms with Crippen LogP contribution in [0.1, 0.15) is 18.5 Å². The average Bonchev–Trinajstić information content (AvgIpc) is 2.41. The molecule has 18 heavy (non-hydrogen) atoms. The van der Waals surface area contributed by atoms with Crippen LogP contribution in [0, 0.1) is 0 Å². The summed E-state index contributed by atoms with van der Waals surface area (Å²) in [7, 11) is 1.97. The molecular formula is C14H15BrN2S. The third kappa shape index (κ3) is 3.34. The summed E-state index contributed by atoms with van der Waals surface area (Å²) in [5.74, 6) is 0. The number of halogens is 1. The number of aromatic nitrogens is 1. The van der Waals surface area contributed by atoms with E-state index in [0.717, 1.165) is 9.50 Å². The first-order chi connectivity index (χ1) is 8.70. The molecule has 1 atom stereocenters. The fourth-order valence-corrected chi connectivity index (χ4v) is 2.97. The molecular weight excluding hydrogens is 308 g/mol. The summed E-state index contributed by atoms with van der Waals surface area (Å²) < 4.78 is 1.11. The van der Waals surface area contributed by atoms with Crippen LogP contribution in [-0.2, 0) is 0 Å². The zero-order valence-corrected chi connectivity index (χ0v) is 12.8. The second-order valence-corrected chi connectivity index (χ2v) is 5.89. The lowest BCUT2D eigenvalue weighted by molar-refractivity contribution is 0.651. The van der Waals surface area contributed by atoms with E-state index in [9.17, 15) is 0 Å².